The van der Waals surface area contributed by atoms with Crippen LogP contribution in [-0.4, -0.2) is 41.3 Å². The van der Waals surface area contributed by atoms with E-state index in [9.17, 15) is 19.8 Å². The van der Waals surface area contributed by atoms with Gasteiger partial charge in [-0.15, -0.1) is 0 Å². The predicted molar refractivity (Wildman–Crippen MR) is 130 cm³/mol. The Bertz CT molecular complexity index is 1110. The lowest BCUT2D eigenvalue weighted by Gasteiger charge is -2.19. The van der Waals surface area contributed by atoms with Crippen LogP contribution in [0.4, 0.5) is 4.79 Å². The minimum absolute atomic E-state index is 0.0203. The van der Waals surface area contributed by atoms with Crippen molar-refractivity contribution in [3.05, 3.63) is 95.1 Å². The molecule has 0 saturated heterocycles. The van der Waals surface area contributed by atoms with Crippen molar-refractivity contribution in [3.8, 4) is 11.1 Å². The molecule has 3 aromatic rings. The van der Waals surface area contributed by atoms with Crippen molar-refractivity contribution in [1.29, 1.82) is 0 Å². The average Bonchev–Trinajstić information content (AvgIpc) is 3.20. The van der Waals surface area contributed by atoms with Crippen molar-refractivity contribution in [2.75, 3.05) is 13.2 Å². The van der Waals surface area contributed by atoms with E-state index in [1.807, 2.05) is 24.3 Å². The lowest BCUT2D eigenvalue weighted by molar-refractivity contribution is 0.0136. The van der Waals surface area contributed by atoms with Crippen molar-refractivity contribution in [2.45, 2.75) is 37.9 Å². The number of nitrogens with one attached hydrogen (secondary N) is 1. The Morgan fingerprint density at radius 3 is 2.09 bits per heavy atom. The molecule has 176 valence electrons. The molecule has 0 saturated carbocycles. The predicted octanol–water partition coefficient (Wildman–Crippen LogP) is 4.60. The lowest BCUT2D eigenvalue weighted by atomic mass is 9.98. The molecule has 34 heavy (non-hydrogen) atoms. The second-order valence-corrected chi connectivity index (χ2v) is 8.45. The lowest BCUT2D eigenvalue weighted by Crippen LogP contribution is -2.30. The molecule has 0 aliphatic heterocycles. The molecule has 0 fully saturated rings. The molecule has 0 heterocycles. The highest BCUT2D eigenvalue weighted by Crippen LogP contribution is 2.44. The number of rotatable bonds is 9. The number of hydrogen-bond acceptors (Lipinski definition) is 5. The molecule has 3 aromatic carbocycles. The molecule has 4 rings (SSSR count). The number of carbonyl (C=O) groups excluding carboxylic acids is 2. The number of benzene rings is 3. The van der Waals surface area contributed by atoms with E-state index in [0.29, 0.717) is 17.5 Å². The largest absolute Gasteiger partial charge is 0.449 e. The van der Waals surface area contributed by atoms with Gasteiger partial charge in [0.05, 0.1) is 6.10 Å². The van der Waals surface area contributed by atoms with Gasteiger partial charge in [-0.25, -0.2) is 4.79 Å². The van der Waals surface area contributed by atoms with Gasteiger partial charge in [-0.05, 0) is 34.2 Å². The Hall–Kier alpha value is -3.48. The smallest absolute Gasteiger partial charge is 0.407 e. The highest BCUT2D eigenvalue weighted by atomic mass is 16.5. The van der Waals surface area contributed by atoms with Crippen LogP contribution in [0.5, 0.6) is 0 Å². The van der Waals surface area contributed by atoms with Crippen LogP contribution in [0, 0.1) is 0 Å². The van der Waals surface area contributed by atoms with Gasteiger partial charge in [-0.1, -0.05) is 79.7 Å². The van der Waals surface area contributed by atoms with Gasteiger partial charge in [-0.2, -0.15) is 0 Å². The van der Waals surface area contributed by atoms with Gasteiger partial charge in [0.25, 0.3) is 0 Å². The Balaban J connectivity index is 1.26. The van der Waals surface area contributed by atoms with Crippen molar-refractivity contribution in [1.82, 2.24) is 5.32 Å². The number of fused-ring (bicyclic) bond motifs is 3. The summed E-state index contributed by atoms with van der Waals surface area (Å²) in [6.45, 7) is 2.16. The number of alkyl carbamates (subject to hydrolysis) is 1. The molecular formula is C28H29NO5. The SMILES string of the molecule is CCC(=O)c1ccc(C(O)C(O)CCNC(=O)OCC2c3ccccc3-c3ccccc32)cc1. The number of Topliss-reactive ketones (excluding diaryl/α,β-unsaturated/α-hetero) is 1. The highest BCUT2D eigenvalue weighted by Gasteiger charge is 2.29. The summed E-state index contributed by atoms with van der Waals surface area (Å²) in [6, 6.07) is 22.8. The minimum Gasteiger partial charge on any atom is -0.449 e. The van der Waals surface area contributed by atoms with Crippen LogP contribution in [-0.2, 0) is 4.74 Å². The van der Waals surface area contributed by atoms with Crippen molar-refractivity contribution in [3.63, 3.8) is 0 Å². The third-order valence-electron chi connectivity index (χ3n) is 6.31. The van der Waals surface area contributed by atoms with E-state index in [-0.39, 0.29) is 31.3 Å². The summed E-state index contributed by atoms with van der Waals surface area (Å²) in [5.41, 5.74) is 5.70. The fourth-order valence-electron chi connectivity index (χ4n) is 4.42. The molecule has 1 aliphatic rings. The number of ketones is 1. The quantitative estimate of drug-likeness (QED) is 0.407. The number of aliphatic hydroxyl groups is 2. The molecule has 3 N–H and O–H groups in total. The molecule has 1 amide bonds. The summed E-state index contributed by atoms with van der Waals surface area (Å²) in [5.74, 6) is 0.00186. The van der Waals surface area contributed by atoms with Crippen LogP contribution in [0.2, 0.25) is 0 Å². The van der Waals surface area contributed by atoms with E-state index in [1.165, 1.54) is 0 Å². The number of ether oxygens (including phenoxy) is 1. The third-order valence-corrected chi connectivity index (χ3v) is 6.31. The Morgan fingerprint density at radius 2 is 1.50 bits per heavy atom. The van der Waals surface area contributed by atoms with Crippen LogP contribution in [0.3, 0.4) is 0 Å². The first kappa shape index (κ1) is 23.7. The molecule has 1 aliphatic carbocycles. The van der Waals surface area contributed by atoms with Gasteiger partial charge >= 0.3 is 6.09 Å². The summed E-state index contributed by atoms with van der Waals surface area (Å²) < 4.78 is 5.49. The van der Waals surface area contributed by atoms with Gasteiger partial charge in [-0.3, -0.25) is 4.79 Å². The molecule has 0 aromatic heterocycles. The zero-order valence-corrected chi connectivity index (χ0v) is 19.1. The minimum atomic E-state index is -1.12. The maximum atomic E-state index is 12.3. The second kappa shape index (κ2) is 10.6. The van der Waals surface area contributed by atoms with Gasteiger partial charge < -0.3 is 20.3 Å². The summed E-state index contributed by atoms with van der Waals surface area (Å²) in [4.78, 5) is 24.0. The van der Waals surface area contributed by atoms with E-state index in [0.717, 1.165) is 22.3 Å². The number of amides is 1. The van der Waals surface area contributed by atoms with Crippen LogP contribution < -0.4 is 5.32 Å². The number of carbonyl (C=O) groups is 2. The van der Waals surface area contributed by atoms with Crippen molar-refractivity contribution in [2.24, 2.45) is 0 Å². The van der Waals surface area contributed by atoms with Gasteiger partial charge in [0.15, 0.2) is 5.78 Å². The average molecular weight is 460 g/mol. The van der Waals surface area contributed by atoms with E-state index >= 15 is 0 Å². The fraction of sp³-hybridized carbons (Fsp3) is 0.286. The molecule has 2 unspecified atom stereocenters. The first-order chi connectivity index (χ1) is 16.5. The molecular weight excluding hydrogens is 430 g/mol. The summed E-state index contributed by atoms with van der Waals surface area (Å²) in [7, 11) is 0. The summed E-state index contributed by atoms with van der Waals surface area (Å²) in [6.07, 6.45) is -2.18. The Kier molecular flexibility index (Phi) is 7.40. The maximum Gasteiger partial charge on any atom is 0.407 e. The molecule has 0 spiro atoms. The molecule has 6 heteroatoms. The first-order valence-electron chi connectivity index (χ1n) is 11.6. The van der Waals surface area contributed by atoms with Crippen LogP contribution in [0.15, 0.2) is 72.8 Å². The van der Waals surface area contributed by atoms with Gasteiger partial charge in [0.1, 0.15) is 12.7 Å². The standard InChI is InChI=1S/C28H29NO5/c1-2-25(30)18-11-13-19(14-12-18)27(32)26(31)15-16-29-28(33)34-17-24-22-9-5-3-7-20(22)21-8-4-6-10-23(21)24/h3-14,24,26-27,31-32H,2,15-17H2,1H3,(H,29,33). The van der Waals surface area contributed by atoms with Crippen molar-refractivity contribution >= 4 is 11.9 Å². The first-order valence-corrected chi connectivity index (χ1v) is 11.6. The topological polar surface area (TPSA) is 95.9 Å². The summed E-state index contributed by atoms with van der Waals surface area (Å²) >= 11 is 0. The highest BCUT2D eigenvalue weighted by molar-refractivity contribution is 5.95. The van der Waals surface area contributed by atoms with E-state index < -0.39 is 18.3 Å². The van der Waals surface area contributed by atoms with Gasteiger partial charge in [0, 0.05) is 24.4 Å². The van der Waals surface area contributed by atoms with Crippen LogP contribution >= 0.6 is 0 Å². The molecule has 2 atom stereocenters. The van der Waals surface area contributed by atoms with E-state index in [1.54, 1.807) is 31.2 Å². The van der Waals surface area contributed by atoms with E-state index in [4.69, 9.17) is 4.74 Å². The monoisotopic (exact) mass is 459 g/mol. The Labute approximate surface area is 199 Å². The van der Waals surface area contributed by atoms with Crippen LogP contribution in [0.25, 0.3) is 11.1 Å². The molecule has 6 nitrogen and oxygen atoms in total. The van der Waals surface area contributed by atoms with Crippen LogP contribution in [0.1, 0.15) is 58.8 Å². The molecule has 0 bridgehead atoms. The van der Waals surface area contributed by atoms with Crippen molar-refractivity contribution < 1.29 is 24.5 Å². The zero-order chi connectivity index (χ0) is 24.1. The summed E-state index contributed by atoms with van der Waals surface area (Å²) in [5, 5.41) is 23.4. The third kappa shape index (κ3) is 5.03. The second-order valence-electron chi connectivity index (χ2n) is 8.45. The van der Waals surface area contributed by atoms with Gasteiger partial charge in [0.2, 0.25) is 0 Å². The van der Waals surface area contributed by atoms with E-state index in [2.05, 4.69) is 29.6 Å². The number of hydrogen-bond donors (Lipinski definition) is 3. The Morgan fingerprint density at radius 1 is 0.912 bits per heavy atom. The maximum absolute atomic E-state index is 12.3. The normalized spacial score (nSPS) is 14.1. The number of aliphatic hydroxyl groups excluding tert-OH is 2. The fourth-order valence-corrected chi connectivity index (χ4v) is 4.42. The molecule has 0 radical (unpaired) electrons. The zero-order valence-electron chi connectivity index (χ0n) is 19.1.